The monoisotopic (exact) mass is 404 g/mol. The summed E-state index contributed by atoms with van der Waals surface area (Å²) in [6.45, 7) is 6.64. The predicted octanol–water partition coefficient (Wildman–Crippen LogP) is 4.67. The third-order valence-electron chi connectivity index (χ3n) is 4.98. The molecule has 0 saturated heterocycles. The molecule has 0 spiro atoms. The van der Waals surface area contributed by atoms with Crippen molar-refractivity contribution < 1.29 is 14.0 Å². The number of hydrogen-bond donors (Lipinski definition) is 0. The van der Waals surface area contributed by atoms with E-state index in [0.29, 0.717) is 24.4 Å². The van der Waals surface area contributed by atoms with Gasteiger partial charge in [-0.1, -0.05) is 48.0 Å². The summed E-state index contributed by atoms with van der Waals surface area (Å²) in [6, 6.07) is 20.8. The van der Waals surface area contributed by atoms with Crippen molar-refractivity contribution >= 4 is 11.8 Å². The fourth-order valence-corrected chi connectivity index (χ4v) is 3.22. The standard InChI is InChI=1S/C25H28N2O3/c1-19(2)27(25(29)22-13-11-20(3)12-14-22)18-24(28)26(17-23-10-7-15-30-23)16-21-8-5-4-6-9-21/h4-15,19H,16-18H2,1-3H3. The van der Waals surface area contributed by atoms with Crippen molar-refractivity contribution in [1.82, 2.24) is 9.80 Å². The van der Waals surface area contributed by atoms with E-state index in [4.69, 9.17) is 4.42 Å². The maximum absolute atomic E-state index is 13.3. The molecule has 2 amide bonds. The van der Waals surface area contributed by atoms with Gasteiger partial charge < -0.3 is 14.2 Å². The first kappa shape index (κ1) is 21.4. The molecular formula is C25H28N2O3. The van der Waals surface area contributed by atoms with E-state index in [1.54, 1.807) is 16.1 Å². The summed E-state index contributed by atoms with van der Waals surface area (Å²) < 4.78 is 5.46. The fraction of sp³-hybridized carbons (Fsp3) is 0.280. The lowest BCUT2D eigenvalue weighted by molar-refractivity contribution is -0.133. The maximum Gasteiger partial charge on any atom is 0.254 e. The Labute approximate surface area is 177 Å². The molecule has 0 bridgehead atoms. The summed E-state index contributed by atoms with van der Waals surface area (Å²) in [7, 11) is 0. The quantitative estimate of drug-likeness (QED) is 0.548. The highest BCUT2D eigenvalue weighted by Gasteiger charge is 2.25. The van der Waals surface area contributed by atoms with Gasteiger partial charge in [-0.15, -0.1) is 0 Å². The molecular weight excluding hydrogens is 376 g/mol. The average molecular weight is 405 g/mol. The van der Waals surface area contributed by atoms with Gasteiger partial charge in [0.1, 0.15) is 12.3 Å². The molecule has 0 aliphatic heterocycles. The van der Waals surface area contributed by atoms with Crippen LogP contribution in [0.5, 0.6) is 0 Å². The lowest BCUT2D eigenvalue weighted by atomic mass is 10.1. The number of benzene rings is 2. The Morgan fingerprint density at radius 3 is 2.20 bits per heavy atom. The van der Waals surface area contributed by atoms with Gasteiger partial charge in [-0.3, -0.25) is 9.59 Å². The molecule has 3 rings (SSSR count). The van der Waals surface area contributed by atoms with Gasteiger partial charge in [0.15, 0.2) is 0 Å². The normalized spacial score (nSPS) is 10.8. The van der Waals surface area contributed by atoms with E-state index in [-0.39, 0.29) is 24.4 Å². The maximum atomic E-state index is 13.3. The van der Waals surface area contributed by atoms with E-state index in [9.17, 15) is 9.59 Å². The summed E-state index contributed by atoms with van der Waals surface area (Å²) >= 11 is 0. The third-order valence-corrected chi connectivity index (χ3v) is 4.98. The molecule has 0 N–H and O–H groups in total. The molecule has 0 aliphatic carbocycles. The Morgan fingerprint density at radius 1 is 0.900 bits per heavy atom. The van der Waals surface area contributed by atoms with Crippen molar-refractivity contribution in [2.75, 3.05) is 6.54 Å². The molecule has 0 fully saturated rings. The summed E-state index contributed by atoms with van der Waals surface area (Å²) in [5.41, 5.74) is 2.70. The Balaban J connectivity index is 1.78. The van der Waals surface area contributed by atoms with Crippen LogP contribution in [0.2, 0.25) is 0 Å². The molecule has 156 valence electrons. The molecule has 3 aromatic rings. The second kappa shape index (κ2) is 9.92. The summed E-state index contributed by atoms with van der Waals surface area (Å²) in [5.74, 6) is 0.445. The van der Waals surface area contributed by atoms with Crippen LogP contribution in [0.15, 0.2) is 77.4 Å². The van der Waals surface area contributed by atoms with Crippen molar-refractivity contribution in [3.63, 3.8) is 0 Å². The van der Waals surface area contributed by atoms with Crippen LogP contribution in [-0.4, -0.2) is 34.2 Å². The number of nitrogens with zero attached hydrogens (tertiary/aromatic N) is 2. The van der Waals surface area contributed by atoms with Crippen LogP contribution in [0.3, 0.4) is 0 Å². The van der Waals surface area contributed by atoms with Gasteiger partial charge in [0, 0.05) is 18.2 Å². The minimum atomic E-state index is -0.143. The molecule has 30 heavy (non-hydrogen) atoms. The zero-order chi connectivity index (χ0) is 21.5. The molecule has 0 unspecified atom stereocenters. The second-order valence-corrected chi connectivity index (χ2v) is 7.71. The summed E-state index contributed by atoms with van der Waals surface area (Å²) in [6.07, 6.45) is 1.60. The lowest BCUT2D eigenvalue weighted by Gasteiger charge is -2.30. The van der Waals surface area contributed by atoms with Crippen molar-refractivity contribution in [3.05, 3.63) is 95.4 Å². The summed E-state index contributed by atoms with van der Waals surface area (Å²) in [5, 5.41) is 0. The molecule has 1 aromatic heterocycles. The minimum Gasteiger partial charge on any atom is -0.467 e. The molecule has 0 aliphatic rings. The molecule has 0 radical (unpaired) electrons. The average Bonchev–Trinajstić information content (AvgIpc) is 3.25. The first-order chi connectivity index (χ1) is 14.4. The van der Waals surface area contributed by atoms with E-state index in [2.05, 4.69) is 0 Å². The fourth-order valence-electron chi connectivity index (χ4n) is 3.22. The van der Waals surface area contributed by atoms with E-state index >= 15 is 0 Å². The molecule has 2 aromatic carbocycles. The SMILES string of the molecule is Cc1ccc(C(=O)N(CC(=O)N(Cc2ccccc2)Cc2ccco2)C(C)C)cc1. The number of carbonyl (C=O) groups is 2. The largest absolute Gasteiger partial charge is 0.467 e. The van der Waals surface area contributed by atoms with Crippen LogP contribution in [0, 0.1) is 6.92 Å². The summed E-state index contributed by atoms with van der Waals surface area (Å²) in [4.78, 5) is 29.7. The van der Waals surface area contributed by atoms with Crippen LogP contribution < -0.4 is 0 Å². The lowest BCUT2D eigenvalue weighted by Crippen LogP contribution is -2.45. The number of furan rings is 1. The number of carbonyl (C=O) groups excluding carboxylic acids is 2. The van der Waals surface area contributed by atoms with Gasteiger partial charge in [-0.05, 0) is 50.6 Å². The molecule has 5 nitrogen and oxygen atoms in total. The van der Waals surface area contributed by atoms with Crippen LogP contribution in [0.1, 0.15) is 41.1 Å². The molecule has 0 atom stereocenters. The number of aryl methyl sites for hydroxylation is 1. The van der Waals surface area contributed by atoms with Crippen LogP contribution >= 0.6 is 0 Å². The third kappa shape index (κ3) is 5.60. The Morgan fingerprint density at radius 2 is 1.60 bits per heavy atom. The van der Waals surface area contributed by atoms with Crippen molar-refractivity contribution in [3.8, 4) is 0 Å². The van der Waals surface area contributed by atoms with Crippen molar-refractivity contribution in [1.29, 1.82) is 0 Å². The molecule has 5 heteroatoms. The minimum absolute atomic E-state index is 0.0118. The predicted molar refractivity (Wildman–Crippen MR) is 117 cm³/mol. The zero-order valence-electron chi connectivity index (χ0n) is 17.7. The van der Waals surface area contributed by atoms with Crippen LogP contribution in [0.4, 0.5) is 0 Å². The molecule has 1 heterocycles. The van der Waals surface area contributed by atoms with E-state index in [1.165, 1.54) is 0 Å². The second-order valence-electron chi connectivity index (χ2n) is 7.71. The van der Waals surface area contributed by atoms with Gasteiger partial charge >= 0.3 is 0 Å². The first-order valence-corrected chi connectivity index (χ1v) is 10.2. The van der Waals surface area contributed by atoms with Gasteiger partial charge in [0.05, 0.1) is 12.8 Å². The van der Waals surface area contributed by atoms with Gasteiger partial charge in [-0.2, -0.15) is 0 Å². The highest BCUT2D eigenvalue weighted by molar-refractivity contribution is 5.96. The number of amides is 2. The molecule has 0 saturated carbocycles. The van der Waals surface area contributed by atoms with E-state index in [0.717, 1.165) is 11.1 Å². The van der Waals surface area contributed by atoms with Crippen LogP contribution in [0.25, 0.3) is 0 Å². The van der Waals surface area contributed by atoms with Gasteiger partial charge in [0.25, 0.3) is 5.91 Å². The van der Waals surface area contributed by atoms with E-state index in [1.807, 2.05) is 87.5 Å². The smallest absolute Gasteiger partial charge is 0.254 e. The Bertz CT molecular complexity index is 948. The zero-order valence-corrected chi connectivity index (χ0v) is 17.7. The van der Waals surface area contributed by atoms with Gasteiger partial charge in [-0.25, -0.2) is 0 Å². The highest BCUT2D eigenvalue weighted by Crippen LogP contribution is 2.14. The topological polar surface area (TPSA) is 53.8 Å². The highest BCUT2D eigenvalue weighted by atomic mass is 16.3. The number of rotatable bonds is 8. The first-order valence-electron chi connectivity index (χ1n) is 10.2. The van der Waals surface area contributed by atoms with E-state index < -0.39 is 0 Å². The Kier molecular flexibility index (Phi) is 7.07. The van der Waals surface area contributed by atoms with Crippen molar-refractivity contribution in [2.45, 2.75) is 39.9 Å². The Hall–Kier alpha value is -3.34. The van der Waals surface area contributed by atoms with Crippen molar-refractivity contribution in [2.24, 2.45) is 0 Å². The van der Waals surface area contributed by atoms with Crippen LogP contribution in [-0.2, 0) is 17.9 Å². The van der Waals surface area contributed by atoms with Gasteiger partial charge in [0.2, 0.25) is 5.91 Å². The number of hydrogen-bond acceptors (Lipinski definition) is 3.